The van der Waals surface area contributed by atoms with E-state index < -0.39 is 0 Å². The van der Waals surface area contributed by atoms with Gasteiger partial charge in [-0.3, -0.25) is 10.1 Å². The van der Waals surface area contributed by atoms with Crippen molar-refractivity contribution in [2.24, 2.45) is 0 Å². The Balaban J connectivity index is 2.14. The standard InChI is InChI=1S/C10H11N3OS/c1-14-10(11)6-13-4-2-9(12-13)8-3-5-15-7-8/h2-5,7,11H,6H2,1H3. The molecule has 0 bridgehead atoms. The van der Waals surface area contributed by atoms with Crippen LogP contribution in [-0.4, -0.2) is 22.8 Å². The van der Waals surface area contributed by atoms with Crippen molar-refractivity contribution in [3.05, 3.63) is 29.1 Å². The van der Waals surface area contributed by atoms with Gasteiger partial charge >= 0.3 is 0 Å². The van der Waals surface area contributed by atoms with Gasteiger partial charge in [-0.2, -0.15) is 16.4 Å². The lowest BCUT2D eigenvalue weighted by molar-refractivity contribution is 0.377. The molecule has 0 aromatic carbocycles. The van der Waals surface area contributed by atoms with E-state index in [9.17, 15) is 0 Å². The maximum absolute atomic E-state index is 7.38. The van der Waals surface area contributed by atoms with Crippen molar-refractivity contribution in [1.82, 2.24) is 9.78 Å². The molecule has 0 atom stereocenters. The smallest absolute Gasteiger partial charge is 0.202 e. The van der Waals surface area contributed by atoms with Crippen molar-refractivity contribution in [3.63, 3.8) is 0 Å². The number of nitrogens with zero attached hydrogens (tertiary/aromatic N) is 2. The average molecular weight is 221 g/mol. The molecule has 0 amide bonds. The van der Waals surface area contributed by atoms with Crippen LogP contribution in [0.1, 0.15) is 0 Å². The van der Waals surface area contributed by atoms with Gasteiger partial charge in [0.1, 0.15) is 6.54 Å². The highest BCUT2D eigenvalue weighted by Crippen LogP contribution is 2.19. The molecule has 5 heteroatoms. The first-order valence-corrected chi connectivity index (χ1v) is 5.41. The number of methoxy groups -OCH3 is 1. The van der Waals surface area contributed by atoms with E-state index in [-0.39, 0.29) is 5.90 Å². The largest absolute Gasteiger partial charge is 0.483 e. The third-order valence-corrected chi connectivity index (χ3v) is 2.69. The minimum absolute atomic E-state index is 0.204. The van der Waals surface area contributed by atoms with E-state index in [1.807, 2.05) is 29.1 Å². The van der Waals surface area contributed by atoms with Crippen molar-refractivity contribution in [2.75, 3.05) is 7.11 Å². The molecule has 0 fully saturated rings. The molecule has 15 heavy (non-hydrogen) atoms. The van der Waals surface area contributed by atoms with E-state index in [1.54, 1.807) is 16.0 Å². The van der Waals surface area contributed by atoms with Gasteiger partial charge < -0.3 is 4.74 Å². The van der Waals surface area contributed by atoms with Crippen molar-refractivity contribution in [2.45, 2.75) is 6.54 Å². The number of hydrogen-bond acceptors (Lipinski definition) is 4. The monoisotopic (exact) mass is 221 g/mol. The van der Waals surface area contributed by atoms with Gasteiger partial charge in [0, 0.05) is 17.1 Å². The highest BCUT2D eigenvalue weighted by atomic mass is 32.1. The predicted molar refractivity (Wildman–Crippen MR) is 60.3 cm³/mol. The summed E-state index contributed by atoms with van der Waals surface area (Å²) in [5, 5.41) is 15.8. The van der Waals surface area contributed by atoms with Crippen molar-refractivity contribution in [1.29, 1.82) is 5.41 Å². The summed E-state index contributed by atoms with van der Waals surface area (Å²) in [6.07, 6.45) is 1.85. The maximum atomic E-state index is 7.38. The summed E-state index contributed by atoms with van der Waals surface area (Å²) in [5.74, 6) is 0.204. The quantitative estimate of drug-likeness (QED) is 0.638. The molecule has 0 spiro atoms. The van der Waals surface area contributed by atoms with Gasteiger partial charge in [0.05, 0.1) is 12.8 Å². The normalized spacial score (nSPS) is 10.2. The van der Waals surface area contributed by atoms with Gasteiger partial charge in [0.25, 0.3) is 0 Å². The lowest BCUT2D eigenvalue weighted by Gasteiger charge is -2.01. The molecule has 0 radical (unpaired) electrons. The van der Waals surface area contributed by atoms with Crippen LogP contribution in [0.5, 0.6) is 0 Å². The topological polar surface area (TPSA) is 50.9 Å². The van der Waals surface area contributed by atoms with Crippen LogP contribution in [0.3, 0.4) is 0 Å². The van der Waals surface area contributed by atoms with Crippen molar-refractivity contribution < 1.29 is 4.74 Å². The van der Waals surface area contributed by atoms with Gasteiger partial charge in [-0.15, -0.1) is 0 Å². The number of hydrogen-bond donors (Lipinski definition) is 1. The highest BCUT2D eigenvalue weighted by Gasteiger charge is 2.03. The molecule has 2 aromatic heterocycles. The Hall–Kier alpha value is -1.62. The first kappa shape index (κ1) is 9.92. The molecular formula is C10H11N3OS. The Morgan fingerprint density at radius 3 is 3.13 bits per heavy atom. The van der Waals surface area contributed by atoms with E-state index in [0.29, 0.717) is 6.54 Å². The van der Waals surface area contributed by atoms with Gasteiger partial charge in [0.2, 0.25) is 5.90 Å². The number of thiophene rings is 1. The van der Waals surface area contributed by atoms with Crippen molar-refractivity contribution >= 4 is 17.2 Å². The van der Waals surface area contributed by atoms with Crippen LogP contribution in [0.4, 0.5) is 0 Å². The van der Waals surface area contributed by atoms with Crippen LogP contribution in [0, 0.1) is 5.41 Å². The van der Waals surface area contributed by atoms with E-state index in [1.165, 1.54) is 7.11 Å². The first-order chi connectivity index (χ1) is 7.29. The zero-order chi connectivity index (χ0) is 10.7. The van der Waals surface area contributed by atoms with Crippen LogP contribution in [0.25, 0.3) is 11.3 Å². The molecular weight excluding hydrogens is 210 g/mol. The minimum atomic E-state index is 0.204. The second kappa shape index (κ2) is 4.27. The van der Waals surface area contributed by atoms with Gasteiger partial charge in [0.15, 0.2) is 0 Å². The molecule has 4 nitrogen and oxygen atoms in total. The third kappa shape index (κ3) is 2.24. The summed E-state index contributed by atoms with van der Waals surface area (Å²) in [6, 6.07) is 3.96. The van der Waals surface area contributed by atoms with Gasteiger partial charge in [-0.05, 0) is 17.5 Å². The Morgan fingerprint density at radius 2 is 2.47 bits per heavy atom. The molecule has 2 heterocycles. The predicted octanol–water partition coefficient (Wildman–Crippen LogP) is 2.24. The number of rotatable bonds is 3. The Morgan fingerprint density at radius 1 is 1.60 bits per heavy atom. The lowest BCUT2D eigenvalue weighted by atomic mass is 10.2. The molecule has 0 aliphatic heterocycles. The number of nitrogens with one attached hydrogen (secondary N) is 1. The van der Waals surface area contributed by atoms with E-state index in [2.05, 4.69) is 5.10 Å². The molecule has 1 N–H and O–H groups in total. The van der Waals surface area contributed by atoms with Crippen LogP contribution in [0.2, 0.25) is 0 Å². The molecule has 0 unspecified atom stereocenters. The summed E-state index contributed by atoms with van der Waals surface area (Å²) in [7, 11) is 1.49. The third-order valence-electron chi connectivity index (χ3n) is 2.01. The zero-order valence-corrected chi connectivity index (χ0v) is 9.12. The Kier molecular flexibility index (Phi) is 2.82. The SMILES string of the molecule is COC(=N)Cn1ccc(-c2ccsc2)n1. The summed E-state index contributed by atoms with van der Waals surface area (Å²) in [5.41, 5.74) is 2.04. The fourth-order valence-corrected chi connectivity index (χ4v) is 1.88. The molecule has 0 saturated heterocycles. The second-order valence-electron chi connectivity index (χ2n) is 3.04. The van der Waals surface area contributed by atoms with Crippen LogP contribution in [0.15, 0.2) is 29.1 Å². The summed E-state index contributed by atoms with van der Waals surface area (Å²) in [6.45, 7) is 0.376. The highest BCUT2D eigenvalue weighted by molar-refractivity contribution is 7.08. The zero-order valence-electron chi connectivity index (χ0n) is 8.30. The van der Waals surface area contributed by atoms with Gasteiger partial charge in [-0.1, -0.05) is 0 Å². The number of ether oxygens (including phenoxy) is 1. The van der Waals surface area contributed by atoms with Crippen molar-refractivity contribution in [3.8, 4) is 11.3 Å². The van der Waals surface area contributed by atoms with Gasteiger partial charge in [-0.25, -0.2) is 0 Å². The van der Waals surface area contributed by atoms with E-state index in [0.717, 1.165) is 11.3 Å². The summed E-state index contributed by atoms with van der Waals surface area (Å²) in [4.78, 5) is 0. The molecule has 0 saturated carbocycles. The molecule has 0 aliphatic carbocycles. The average Bonchev–Trinajstić information content (AvgIpc) is 2.85. The minimum Gasteiger partial charge on any atom is -0.483 e. The second-order valence-corrected chi connectivity index (χ2v) is 3.82. The molecule has 78 valence electrons. The molecule has 2 rings (SSSR count). The fourth-order valence-electron chi connectivity index (χ4n) is 1.23. The molecule has 2 aromatic rings. The Bertz CT molecular complexity index is 447. The molecule has 0 aliphatic rings. The number of aromatic nitrogens is 2. The first-order valence-electron chi connectivity index (χ1n) is 4.47. The summed E-state index contributed by atoms with van der Waals surface area (Å²) < 4.78 is 6.47. The maximum Gasteiger partial charge on any atom is 0.202 e. The summed E-state index contributed by atoms with van der Waals surface area (Å²) >= 11 is 1.65. The van der Waals surface area contributed by atoms with Crippen LogP contribution >= 0.6 is 11.3 Å². The fraction of sp³-hybridized carbons (Fsp3) is 0.200. The van der Waals surface area contributed by atoms with E-state index in [4.69, 9.17) is 10.1 Å². The van der Waals surface area contributed by atoms with Crippen LogP contribution in [-0.2, 0) is 11.3 Å². The van der Waals surface area contributed by atoms with E-state index >= 15 is 0 Å². The Labute approximate surface area is 91.6 Å². The van der Waals surface area contributed by atoms with Crippen LogP contribution < -0.4 is 0 Å². The lowest BCUT2D eigenvalue weighted by Crippen LogP contribution is -2.11.